The Hall–Kier alpha value is -1.35. The Morgan fingerprint density at radius 2 is 2.36 bits per heavy atom. The Balaban J connectivity index is 2.58. The van der Waals surface area contributed by atoms with Gasteiger partial charge in [-0.15, -0.1) is 0 Å². The first-order valence-corrected chi connectivity index (χ1v) is 4.91. The molecule has 3 heteroatoms. The first kappa shape index (κ1) is 9.21. The van der Waals surface area contributed by atoms with Crippen molar-refractivity contribution in [3.8, 4) is 0 Å². The van der Waals surface area contributed by atoms with Crippen LogP contribution in [0, 0.1) is 6.92 Å². The Labute approximate surface area is 83.6 Å². The van der Waals surface area contributed by atoms with Crippen LogP contribution in [0.1, 0.15) is 30.6 Å². The lowest BCUT2D eigenvalue weighted by Gasteiger charge is -2.08. The highest BCUT2D eigenvalue weighted by atomic mass is 15.0. The van der Waals surface area contributed by atoms with Crippen LogP contribution in [0.25, 0.3) is 5.65 Å². The van der Waals surface area contributed by atoms with Crippen molar-refractivity contribution in [3.05, 3.63) is 35.8 Å². The molecule has 0 aliphatic heterocycles. The van der Waals surface area contributed by atoms with E-state index in [9.17, 15) is 0 Å². The second kappa shape index (κ2) is 3.42. The van der Waals surface area contributed by atoms with Gasteiger partial charge in [-0.05, 0) is 31.0 Å². The molecule has 0 bridgehead atoms. The molecule has 0 fully saturated rings. The molecule has 2 N–H and O–H groups in total. The van der Waals surface area contributed by atoms with E-state index in [1.54, 1.807) is 0 Å². The van der Waals surface area contributed by atoms with Crippen LogP contribution in [0.3, 0.4) is 0 Å². The van der Waals surface area contributed by atoms with E-state index < -0.39 is 0 Å². The number of rotatable bonds is 2. The number of hydrogen-bond acceptors (Lipinski definition) is 2. The van der Waals surface area contributed by atoms with Gasteiger partial charge in [-0.3, -0.25) is 0 Å². The third-order valence-electron chi connectivity index (χ3n) is 2.52. The van der Waals surface area contributed by atoms with Crippen LogP contribution in [-0.4, -0.2) is 9.38 Å². The zero-order chi connectivity index (χ0) is 10.1. The van der Waals surface area contributed by atoms with Gasteiger partial charge < -0.3 is 10.1 Å². The summed E-state index contributed by atoms with van der Waals surface area (Å²) >= 11 is 0. The number of nitrogens with two attached hydrogens (primary N) is 1. The quantitative estimate of drug-likeness (QED) is 0.785. The molecule has 74 valence electrons. The average Bonchev–Trinajstić information content (AvgIpc) is 2.59. The molecule has 1 unspecified atom stereocenters. The summed E-state index contributed by atoms with van der Waals surface area (Å²) < 4.78 is 2.06. The molecule has 14 heavy (non-hydrogen) atoms. The van der Waals surface area contributed by atoms with Gasteiger partial charge in [-0.1, -0.05) is 6.92 Å². The molecule has 2 aromatic rings. The largest absolute Gasteiger partial charge is 0.323 e. The van der Waals surface area contributed by atoms with Crippen molar-refractivity contribution in [1.29, 1.82) is 0 Å². The molecule has 2 heterocycles. The minimum absolute atomic E-state index is 0.0766. The Bertz CT molecular complexity index is 445. The standard InChI is InChI=1S/C11H15N3/c1-3-9(12)10-7-13-11-6-8(2)4-5-14(10)11/h4-7,9H,3,12H2,1-2H3. The molecule has 0 aliphatic carbocycles. The van der Waals surface area contributed by atoms with Gasteiger partial charge in [0, 0.05) is 12.2 Å². The first-order valence-electron chi connectivity index (χ1n) is 4.91. The van der Waals surface area contributed by atoms with Crippen molar-refractivity contribution in [2.45, 2.75) is 26.3 Å². The zero-order valence-electron chi connectivity index (χ0n) is 8.57. The maximum absolute atomic E-state index is 5.98. The van der Waals surface area contributed by atoms with Crippen LogP contribution >= 0.6 is 0 Å². The van der Waals surface area contributed by atoms with Gasteiger partial charge in [-0.2, -0.15) is 0 Å². The Morgan fingerprint density at radius 1 is 1.57 bits per heavy atom. The number of pyridine rings is 1. The van der Waals surface area contributed by atoms with E-state index in [1.807, 2.05) is 12.4 Å². The molecule has 1 atom stereocenters. The maximum Gasteiger partial charge on any atom is 0.137 e. The fraction of sp³-hybridized carbons (Fsp3) is 0.364. The SMILES string of the molecule is CCC(N)c1cnc2cc(C)ccn12. The van der Waals surface area contributed by atoms with Gasteiger partial charge >= 0.3 is 0 Å². The van der Waals surface area contributed by atoms with Crippen molar-refractivity contribution in [2.24, 2.45) is 5.73 Å². The highest BCUT2D eigenvalue weighted by Gasteiger charge is 2.08. The van der Waals surface area contributed by atoms with E-state index in [2.05, 4.69) is 35.4 Å². The molecule has 0 aromatic carbocycles. The van der Waals surface area contributed by atoms with Crippen molar-refractivity contribution < 1.29 is 0 Å². The topological polar surface area (TPSA) is 43.3 Å². The molecule has 0 amide bonds. The predicted molar refractivity (Wildman–Crippen MR) is 57.1 cm³/mol. The minimum atomic E-state index is 0.0766. The van der Waals surface area contributed by atoms with Gasteiger partial charge in [0.1, 0.15) is 5.65 Å². The normalized spacial score (nSPS) is 13.4. The number of aryl methyl sites for hydroxylation is 1. The van der Waals surface area contributed by atoms with Crippen LogP contribution in [0.5, 0.6) is 0 Å². The monoisotopic (exact) mass is 189 g/mol. The molecule has 2 rings (SSSR count). The second-order valence-corrected chi connectivity index (χ2v) is 3.63. The fourth-order valence-corrected chi connectivity index (χ4v) is 1.59. The third-order valence-corrected chi connectivity index (χ3v) is 2.52. The molecule has 3 nitrogen and oxygen atoms in total. The van der Waals surface area contributed by atoms with Crippen LogP contribution < -0.4 is 5.73 Å². The van der Waals surface area contributed by atoms with Crippen LogP contribution in [-0.2, 0) is 0 Å². The number of aromatic nitrogens is 2. The van der Waals surface area contributed by atoms with Gasteiger partial charge in [0.25, 0.3) is 0 Å². The number of hydrogen-bond donors (Lipinski definition) is 1. The van der Waals surface area contributed by atoms with E-state index in [0.29, 0.717) is 0 Å². The van der Waals surface area contributed by atoms with Crippen molar-refractivity contribution in [1.82, 2.24) is 9.38 Å². The maximum atomic E-state index is 5.98. The number of nitrogens with zero attached hydrogens (tertiary/aromatic N) is 2. The molecule has 0 radical (unpaired) electrons. The van der Waals surface area contributed by atoms with Crippen LogP contribution in [0.2, 0.25) is 0 Å². The molecule has 0 spiro atoms. The van der Waals surface area contributed by atoms with Crippen molar-refractivity contribution >= 4 is 5.65 Å². The summed E-state index contributed by atoms with van der Waals surface area (Å²) in [6.45, 7) is 4.15. The summed E-state index contributed by atoms with van der Waals surface area (Å²) in [4.78, 5) is 4.33. The average molecular weight is 189 g/mol. The molecular weight excluding hydrogens is 174 g/mol. The van der Waals surface area contributed by atoms with E-state index >= 15 is 0 Å². The summed E-state index contributed by atoms with van der Waals surface area (Å²) in [5.41, 5.74) is 9.27. The lowest BCUT2D eigenvalue weighted by atomic mass is 10.2. The minimum Gasteiger partial charge on any atom is -0.323 e. The molecule has 0 saturated heterocycles. The summed E-state index contributed by atoms with van der Waals surface area (Å²) in [5, 5.41) is 0. The summed E-state index contributed by atoms with van der Waals surface area (Å²) in [7, 11) is 0. The smallest absolute Gasteiger partial charge is 0.137 e. The predicted octanol–water partition coefficient (Wildman–Crippen LogP) is 2.05. The lowest BCUT2D eigenvalue weighted by Crippen LogP contribution is -2.11. The van der Waals surface area contributed by atoms with E-state index in [4.69, 9.17) is 5.73 Å². The van der Waals surface area contributed by atoms with E-state index in [1.165, 1.54) is 5.56 Å². The summed E-state index contributed by atoms with van der Waals surface area (Å²) in [5.74, 6) is 0. The molecule has 0 aliphatic rings. The molecule has 0 saturated carbocycles. The Kier molecular flexibility index (Phi) is 2.25. The second-order valence-electron chi connectivity index (χ2n) is 3.63. The number of imidazole rings is 1. The molecular formula is C11H15N3. The fourth-order valence-electron chi connectivity index (χ4n) is 1.59. The van der Waals surface area contributed by atoms with Crippen molar-refractivity contribution in [3.63, 3.8) is 0 Å². The Morgan fingerprint density at radius 3 is 3.07 bits per heavy atom. The highest BCUT2D eigenvalue weighted by molar-refractivity contribution is 5.43. The number of fused-ring (bicyclic) bond motifs is 1. The van der Waals surface area contributed by atoms with Gasteiger partial charge in [0.15, 0.2) is 0 Å². The van der Waals surface area contributed by atoms with Crippen molar-refractivity contribution in [2.75, 3.05) is 0 Å². The van der Waals surface area contributed by atoms with Gasteiger partial charge in [0.05, 0.1) is 11.9 Å². The lowest BCUT2D eigenvalue weighted by molar-refractivity contribution is 0.669. The van der Waals surface area contributed by atoms with Gasteiger partial charge in [0.2, 0.25) is 0 Å². The van der Waals surface area contributed by atoms with Crippen LogP contribution in [0.15, 0.2) is 24.5 Å². The third kappa shape index (κ3) is 1.40. The van der Waals surface area contributed by atoms with E-state index in [-0.39, 0.29) is 6.04 Å². The highest BCUT2D eigenvalue weighted by Crippen LogP contribution is 2.16. The van der Waals surface area contributed by atoms with Gasteiger partial charge in [-0.25, -0.2) is 4.98 Å². The summed E-state index contributed by atoms with van der Waals surface area (Å²) in [6, 6.07) is 4.21. The zero-order valence-corrected chi connectivity index (χ0v) is 8.57. The first-order chi connectivity index (χ1) is 6.72. The van der Waals surface area contributed by atoms with Crippen LogP contribution in [0.4, 0.5) is 0 Å². The van der Waals surface area contributed by atoms with E-state index in [0.717, 1.165) is 17.8 Å². The molecule has 2 aromatic heterocycles. The summed E-state index contributed by atoms with van der Waals surface area (Å²) in [6.07, 6.45) is 4.83.